The fourth-order valence-electron chi connectivity index (χ4n) is 6.63. The number of rotatable bonds is 12. The predicted molar refractivity (Wildman–Crippen MR) is 198 cm³/mol. The maximum Gasteiger partial charge on any atom is 0.126 e. The molecule has 260 valence electrons. The Bertz CT molecular complexity index is 1780. The highest BCUT2D eigenvalue weighted by atomic mass is 16.5. The minimum atomic E-state index is 0.395. The lowest BCUT2D eigenvalue weighted by molar-refractivity contribution is 0.304. The maximum atomic E-state index is 10.2. The lowest BCUT2D eigenvalue weighted by Crippen LogP contribution is -2.11. The molecule has 4 aromatic rings. The Balaban J connectivity index is 1.87. The summed E-state index contributed by atoms with van der Waals surface area (Å²) < 4.78 is 26.1. The van der Waals surface area contributed by atoms with Crippen molar-refractivity contribution in [2.45, 2.75) is 79.1 Å². The minimum absolute atomic E-state index is 0.395. The van der Waals surface area contributed by atoms with Gasteiger partial charge in [0, 0.05) is 81.6 Å². The smallest absolute Gasteiger partial charge is 0.126 e. The van der Waals surface area contributed by atoms with Gasteiger partial charge in [-0.25, -0.2) is 0 Å². The molecule has 4 aromatic carbocycles. The van der Waals surface area contributed by atoms with Crippen molar-refractivity contribution < 1.29 is 18.9 Å². The Hall–Kier alpha value is -5.34. The van der Waals surface area contributed by atoms with Gasteiger partial charge in [-0.05, 0) is 74.2 Å². The van der Waals surface area contributed by atoms with E-state index in [1.165, 1.54) is 0 Å². The molecule has 0 saturated carbocycles. The van der Waals surface area contributed by atoms with Crippen molar-refractivity contribution in [2.75, 3.05) is 37.9 Å². The molecule has 1 aliphatic carbocycles. The largest absolute Gasteiger partial charge is 0.493 e. The SMILES string of the molecule is CCCOc1c2cc(N)cc1Cc1cc(C#N)cc(c1OCCC)Cc1cc(C#N)cc(c1OCCC)Cc1cc(N)cc(c1OCCC)C2. The van der Waals surface area contributed by atoms with E-state index in [0.717, 1.165) is 93.2 Å². The van der Waals surface area contributed by atoms with Gasteiger partial charge in [0.2, 0.25) is 0 Å². The summed E-state index contributed by atoms with van der Waals surface area (Å²) >= 11 is 0. The van der Waals surface area contributed by atoms with Gasteiger partial charge in [0.1, 0.15) is 23.0 Å². The minimum Gasteiger partial charge on any atom is -0.493 e. The maximum absolute atomic E-state index is 10.2. The van der Waals surface area contributed by atoms with Crippen molar-refractivity contribution in [3.63, 3.8) is 0 Å². The van der Waals surface area contributed by atoms with E-state index in [4.69, 9.17) is 30.4 Å². The normalized spacial score (nSPS) is 12.0. The lowest BCUT2D eigenvalue weighted by Gasteiger charge is -2.23. The van der Waals surface area contributed by atoms with Gasteiger partial charge in [-0.3, -0.25) is 0 Å². The third-order valence-electron chi connectivity index (χ3n) is 8.60. The molecule has 0 aromatic heterocycles. The molecule has 0 heterocycles. The Morgan fingerprint density at radius 1 is 0.440 bits per heavy atom. The average molecular weight is 673 g/mol. The Kier molecular flexibility index (Phi) is 12.1. The van der Waals surface area contributed by atoms with Gasteiger partial charge in [0.15, 0.2) is 0 Å². The third-order valence-corrected chi connectivity index (χ3v) is 8.60. The quantitative estimate of drug-likeness (QED) is 0.126. The highest BCUT2D eigenvalue weighted by molar-refractivity contribution is 5.63. The molecule has 0 saturated heterocycles. The fraction of sp³-hybridized carbons (Fsp3) is 0.381. The van der Waals surface area contributed by atoms with Crippen LogP contribution in [0.4, 0.5) is 11.4 Å². The molecule has 5 rings (SSSR count). The van der Waals surface area contributed by atoms with Gasteiger partial charge < -0.3 is 30.4 Å². The van der Waals surface area contributed by atoms with Crippen LogP contribution in [0.15, 0.2) is 48.5 Å². The molecule has 4 N–H and O–H groups in total. The van der Waals surface area contributed by atoms with Gasteiger partial charge in [-0.2, -0.15) is 10.5 Å². The number of anilines is 2. The molecule has 0 unspecified atom stereocenters. The fourth-order valence-corrected chi connectivity index (χ4v) is 6.63. The summed E-state index contributed by atoms with van der Waals surface area (Å²) in [6.45, 7) is 10.4. The van der Waals surface area contributed by atoms with Crippen LogP contribution in [0.25, 0.3) is 0 Å². The summed E-state index contributed by atoms with van der Waals surface area (Å²) in [4.78, 5) is 0. The zero-order valence-corrected chi connectivity index (χ0v) is 29.8. The zero-order chi connectivity index (χ0) is 35.6. The topological polar surface area (TPSA) is 137 Å². The van der Waals surface area contributed by atoms with Crippen molar-refractivity contribution in [3.8, 4) is 35.1 Å². The first-order valence-corrected chi connectivity index (χ1v) is 17.8. The Labute approximate surface area is 296 Å². The zero-order valence-electron chi connectivity index (χ0n) is 29.8. The molecule has 1 aliphatic rings. The average Bonchev–Trinajstić information content (AvgIpc) is 3.09. The van der Waals surface area contributed by atoms with Crippen LogP contribution in [0.5, 0.6) is 23.0 Å². The number of hydrogen-bond acceptors (Lipinski definition) is 8. The van der Waals surface area contributed by atoms with Crippen LogP contribution in [-0.4, -0.2) is 26.4 Å². The van der Waals surface area contributed by atoms with Gasteiger partial charge in [0.25, 0.3) is 0 Å². The molecular weight excluding hydrogens is 624 g/mol. The molecule has 0 aliphatic heterocycles. The summed E-state index contributed by atoms with van der Waals surface area (Å²) in [6.07, 6.45) is 5.03. The van der Waals surface area contributed by atoms with E-state index >= 15 is 0 Å². The van der Waals surface area contributed by atoms with Gasteiger partial charge in [-0.1, -0.05) is 27.7 Å². The second-order valence-corrected chi connectivity index (χ2v) is 12.9. The molecule has 0 amide bonds. The van der Waals surface area contributed by atoms with Crippen LogP contribution >= 0.6 is 0 Å². The molecule has 0 radical (unpaired) electrons. The molecule has 0 spiro atoms. The molecule has 8 nitrogen and oxygen atoms in total. The first-order chi connectivity index (χ1) is 24.3. The number of nitrogen functional groups attached to an aromatic ring is 2. The predicted octanol–water partition coefficient (Wildman–Crippen LogP) is 8.43. The van der Waals surface area contributed by atoms with Crippen LogP contribution < -0.4 is 30.4 Å². The number of hydrogen-bond donors (Lipinski definition) is 2. The molecule has 0 atom stereocenters. The molecule has 50 heavy (non-hydrogen) atoms. The summed E-state index contributed by atoms with van der Waals surface area (Å²) in [7, 11) is 0. The van der Waals surface area contributed by atoms with Gasteiger partial charge in [0.05, 0.1) is 49.7 Å². The number of ether oxygens (including phenoxy) is 4. The number of nitriles is 2. The van der Waals surface area contributed by atoms with E-state index < -0.39 is 0 Å². The first kappa shape index (κ1) is 36.0. The van der Waals surface area contributed by atoms with Crippen LogP contribution in [0.2, 0.25) is 0 Å². The van der Waals surface area contributed by atoms with Crippen molar-refractivity contribution in [3.05, 3.63) is 104 Å². The van der Waals surface area contributed by atoms with E-state index in [9.17, 15) is 10.5 Å². The van der Waals surface area contributed by atoms with E-state index in [2.05, 4.69) is 39.8 Å². The van der Waals surface area contributed by atoms with Gasteiger partial charge >= 0.3 is 0 Å². The van der Waals surface area contributed by atoms with E-state index in [0.29, 0.717) is 74.6 Å². The van der Waals surface area contributed by atoms with E-state index in [1.807, 2.05) is 48.5 Å². The molecular formula is C42H48N4O4. The monoisotopic (exact) mass is 672 g/mol. The molecule has 8 heteroatoms. The van der Waals surface area contributed by atoms with Crippen molar-refractivity contribution in [2.24, 2.45) is 0 Å². The highest BCUT2D eigenvalue weighted by Gasteiger charge is 2.24. The van der Waals surface area contributed by atoms with Crippen LogP contribution in [0, 0.1) is 22.7 Å². The Morgan fingerprint density at radius 2 is 0.660 bits per heavy atom. The van der Waals surface area contributed by atoms with Crippen molar-refractivity contribution in [1.29, 1.82) is 10.5 Å². The number of nitrogens with zero attached hydrogens (tertiary/aromatic N) is 2. The number of fused-ring (bicyclic) bond motifs is 8. The summed E-state index contributed by atoms with van der Waals surface area (Å²) in [5.41, 5.74) is 22.6. The Morgan fingerprint density at radius 3 is 0.860 bits per heavy atom. The third kappa shape index (κ3) is 8.26. The highest BCUT2D eigenvalue weighted by Crippen LogP contribution is 2.41. The lowest BCUT2D eigenvalue weighted by atomic mass is 9.89. The van der Waals surface area contributed by atoms with Crippen LogP contribution in [0.1, 0.15) is 109 Å². The second-order valence-electron chi connectivity index (χ2n) is 12.9. The van der Waals surface area contributed by atoms with E-state index in [-0.39, 0.29) is 0 Å². The van der Waals surface area contributed by atoms with Crippen molar-refractivity contribution >= 4 is 11.4 Å². The summed E-state index contributed by atoms with van der Waals surface area (Å²) in [5, 5.41) is 20.4. The number of benzene rings is 4. The summed E-state index contributed by atoms with van der Waals surface area (Å²) in [5.74, 6) is 2.98. The first-order valence-electron chi connectivity index (χ1n) is 17.8. The second kappa shape index (κ2) is 16.9. The van der Waals surface area contributed by atoms with Crippen LogP contribution in [0.3, 0.4) is 0 Å². The van der Waals surface area contributed by atoms with Gasteiger partial charge in [-0.15, -0.1) is 0 Å². The van der Waals surface area contributed by atoms with Crippen molar-refractivity contribution in [1.82, 2.24) is 0 Å². The molecule has 0 fully saturated rings. The standard InChI is InChI=1S/C42H48N4O4/c1-5-9-47-39-29-13-27(25-43)15-31(39)18-33-21-37(45)23-35(41(33)49-11-7-3)20-36-24-38(46)22-34(42(36)50-12-8-4)19-32-16-28(26-44)14-30(17-29)40(32)48-10-6-2/h13-16,21-24H,5-12,17-20,45-46H2,1-4H3. The summed E-state index contributed by atoms with van der Waals surface area (Å²) in [6, 6.07) is 20.2. The van der Waals surface area contributed by atoms with Crippen LogP contribution in [-0.2, 0) is 25.7 Å². The molecule has 8 bridgehead atoms. The van der Waals surface area contributed by atoms with E-state index in [1.54, 1.807) is 0 Å². The number of nitrogens with two attached hydrogens (primary N) is 2.